The van der Waals surface area contributed by atoms with Crippen molar-refractivity contribution in [2.24, 2.45) is 5.92 Å². The highest BCUT2D eigenvalue weighted by atomic mass is 16.5. The molecule has 24 heavy (non-hydrogen) atoms. The van der Waals surface area contributed by atoms with Crippen molar-refractivity contribution in [3.05, 3.63) is 23.8 Å². The quantitative estimate of drug-likeness (QED) is 0.763. The number of hydrogen-bond donors (Lipinski definition) is 1. The fourth-order valence-corrected chi connectivity index (χ4v) is 2.46. The fourth-order valence-electron chi connectivity index (χ4n) is 2.46. The van der Waals surface area contributed by atoms with Crippen molar-refractivity contribution in [1.82, 2.24) is 5.32 Å². The summed E-state index contributed by atoms with van der Waals surface area (Å²) in [6.07, 6.45) is 1.82. The molecule has 7 nitrogen and oxygen atoms in total. The van der Waals surface area contributed by atoms with Gasteiger partial charge in [0, 0.05) is 0 Å². The number of hydrogen-bond acceptors (Lipinski definition) is 6. The van der Waals surface area contributed by atoms with Crippen LogP contribution in [-0.4, -0.2) is 38.2 Å². The molecule has 1 fully saturated rings. The van der Waals surface area contributed by atoms with Crippen molar-refractivity contribution in [1.29, 1.82) is 5.26 Å². The number of benzene rings is 1. The zero-order chi connectivity index (χ0) is 17.7. The molecule has 0 bridgehead atoms. The normalized spacial score (nSPS) is 15.6. The summed E-state index contributed by atoms with van der Waals surface area (Å²) >= 11 is 0. The van der Waals surface area contributed by atoms with Crippen molar-refractivity contribution >= 4 is 11.9 Å². The van der Waals surface area contributed by atoms with E-state index in [1.807, 2.05) is 0 Å². The number of esters is 1. The number of amides is 1. The molecular weight excluding hydrogens is 312 g/mol. The molecule has 0 unspecified atom stereocenters. The van der Waals surface area contributed by atoms with Gasteiger partial charge in [-0.1, -0.05) is 6.07 Å². The van der Waals surface area contributed by atoms with E-state index in [1.165, 1.54) is 20.3 Å². The topological polar surface area (TPSA) is 97.6 Å². The fraction of sp³-hybridized carbons (Fsp3) is 0.471. The molecule has 1 aliphatic rings. The number of methoxy groups -OCH3 is 2. The number of nitrogens with zero attached hydrogens (tertiary/aromatic N) is 1. The molecule has 0 spiro atoms. The highest BCUT2D eigenvalue weighted by Gasteiger charge is 2.43. The predicted molar refractivity (Wildman–Crippen MR) is 84.7 cm³/mol. The Labute approximate surface area is 140 Å². The summed E-state index contributed by atoms with van der Waals surface area (Å²) in [5.41, 5.74) is -0.758. The molecule has 1 aromatic carbocycles. The van der Waals surface area contributed by atoms with E-state index in [9.17, 15) is 14.9 Å². The lowest BCUT2D eigenvalue weighted by Crippen LogP contribution is -2.48. The van der Waals surface area contributed by atoms with Crippen LogP contribution in [0.15, 0.2) is 18.2 Å². The van der Waals surface area contributed by atoms with Crippen LogP contribution < -0.4 is 14.8 Å². The molecule has 0 aromatic heterocycles. The van der Waals surface area contributed by atoms with Crippen molar-refractivity contribution in [3.8, 4) is 17.6 Å². The van der Waals surface area contributed by atoms with Gasteiger partial charge < -0.3 is 19.5 Å². The van der Waals surface area contributed by atoms with E-state index in [0.717, 1.165) is 12.8 Å². The van der Waals surface area contributed by atoms with Crippen LogP contribution >= 0.6 is 0 Å². The lowest BCUT2D eigenvalue weighted by molar-refractivity contribution is -0.125. The molecule has 1 atom stereocenters. The van der Waals surface area contributed by atoms with Gasteiger partial charge in [0.25, 0.3) is 5.91 Å². The molecule has 1 saturated carbocycles. The molecule has 0 aliphatic heterocycles. The monoisotopic (exact) mass is 332 g/mol. The summed E-state index contributed by atoms with van der Waals surface area (Å²) in [5.74, 6) is -0.430. The van der Waals surface area contributed by atoms with Crippen molar-refractivity contribution < 1.29 is 23.8 Å². The average molecular weight is 332 g/mol. The number of nitriles is 1. The zero-order valence-corrected chi connectivity index (χ0v) is 13.9. The smallest absolute Gasteiger partial charge is 0.342 e. The number of rotatable bonds is 7. The van der Waals surface area contributed by atoms with Gasteiger partial charge in [-0.15, -0.1) is 0 Å². The third kappa shape index (κ3) is 3.77. The number of para-hydroxylation sites is 1. The maximum atomic E-state index is 12.2. The molecule has 7 heteroatoms. The second-order valence-electron chi connectivity index (χ2n) is 5.75. The second-order valence-corrected chi connectivity index (χ2v) is 5.75. The Kier molecular flexibility index (Phi) is 5.29. The van der Waals surface area contributed by atoms with Crippen LogP contribution in [0.3, 0.4) is 0 Å². The van der Waals surface area contributed by atoms with Crippen LogP contribution in [0.2, 0.25) is 0 Å². The van der Waals surface area contributed by atoms with Gasteiger partial charge in [0.05, 0.1) is 20.3 Å². The van der Waals surface area contributed by atoms with Gasteiger partial charge >= 0.3 is 5.97 Å². The number of carbonyl (C=O) groups is 2. The minimum Gasteiger partial charge on any atom is -0.493 e. The van der Waals surface area contributed by atoms with Crippen LogP contribution in [0, 0.1) is 17.2 Å². The highest BCUT2D eigenvalue weighted by molar-refractivity contribution is 5.95. The van der Waals surface area contributed by atoms with Gasteiger partial charge in [0.1, 0.15) is 11.1 Å². The molecule has 1 N–H and O–H groups in total. The van der Waals surface area contributed by atoms with Crippen molar-refractivity contribution in [2.45, 2.75) is 25.3 Å². The average Bonchev–Trinajstić information content (AvgIpc) is 3.44. The van der Waals surface area contributed by atoms with Crippen molar-refractivity contribution in [3.63, 3.8) is 0 Å². The largest absolute Gasteiger partial charge is 0.493 e. The predicted octanol–water partition coefficient (Wildman–Crippen LogP) is 1.67. The highest BCUT2D eigenvalue weighted by Crippen LogP contribution is 2.39. The minimum absolute atomic E-state index is 0.153. The van der Waals surface area contributed by atoms with E-state index in [2.05, 4.69) is 11.4 Å². The number of nitrogens with one attached hydrogen (secondary N) is 1. The summed E-state index contributed by atoms with van der Waals surface area (Å²) in [6.45, 7) is 1.21. The summed E-state index contributed by atoms with van der Waals surface area (Å²) in [4.78, 5) is 24.1. The Balaban J connectivity index is 1.98. The van der Waals surface area contributed by atoms with Gasteiger partial charge in [-0.2, -0.15) is 5.26 Å². The Morgan fingerprint density at radius 3 is 2.58 bits per heavy atom. The Hall–Kier alpha value is -2.75. The second kappa shape index (κ2) is 7.21. The molecule has 0 heterocycles. The SMILES string of the molecule is COc1cccc(C(=O)OCC(=O)N[C@@](C)(C#N)C2CC2)c1OC. The lowest BCUT2D eigenvalue weighted by atomic mass is 9.98. The van der Waals surface area contributed by atoms with Crippen LogP contribution in [-0.2, 0) is 9.53 Å². The Morgan fingerprint density at radius 1 is 1.33 bits per heavy atom. The summed E-state index contributed by atoms with van der Waals surface area (Å²) in [7, 11) is 2.87. The van der Waals surface area contributed by atoms with Crippen LogP contribution in [0.25, 0.3) is 0 Å². The van der Waals surface area contributed by atoms with E-state index >= 15 is 0 Å². The maximum Gasteiger partial charge on any atom is 0.342 e. The molecule has 128 valence electrons. The maximum absolute atomic E-state index is 12.2. The van der Waals surface area contributed by atoms with Crippen molar-refractivity contribution in [2.75, 3.05) is 20.8 Å². The molecular formula is C17H20N2O5. The first-order valence-corrected chi connectivity index (χ1v) is 7.55. The van der Waals surface area contributed by atoms with E-state index in [-0.39, 0.29) is 17.2 Å². The molecule has 1 aliphatic carbocycles. The first-order valence-electron chi connectivity index (χ1n) is 7.55. The third-order valence-electron chi connectivity index (χ3n) is 3.98. The van der Waals surface area contributed by atoms with E-state index < -0.39 is 24.0 Å². The number of carbonyl (C=O) groups excluding carboxylic acids is 2. The van der Waals surface area contributed by atoms with Gasteiger partial charge in [0.15, 0.2) is 18.1 Å². The summed E-state index contributed by atoms with van der Waals surface area (Å²) in [5, 5.41) is 11.9. The third-order valence-corrected chi connectivity index (χ3v) is 3.98. The molecule has 2 rings (SSSR count). The van der Waals surface area contributed by atoms with E-state index in [0.29, 0.717) is 5.75 Å². The standard InChI is InChI=1S/C17H20N2O5/c1-17(10-18,11-7-8-11)19-14(20)9-24-16(21)12-5-4-6-13(22-2)15(12)23-3/h4-6,11H,7-9H2,1-3H3,(H,19,20)/t17-/m0/s1. The summed E-state index contributed by atoms with van der Waals surface area (Å²) < 4.78 is 15.3. The van der Waals surface area contributed by atoms with Crippen LogP contribution in [0.4, 0.5) is 0 Å². The van der Waals surface area contributed by atoms with Gasteiger partial charge in [-0.05, 0) is 37.8 Å². The van der Waals surface area contributed by atoms with Crippen LogP contribution in [0.1, 0.15) is 30.1 Å². The molecule has 1 aromatic rings. The first kappa shape index (κ1) is 17.6. The Bertz CT molecular complexity index is 678. The molecule has 1 amide bonds. The Morgan fingerprint density at radius 2 is 2.04 bits per heavy atom. The van der Waals surface area contributed by atoms with Gasteiger partial charge in [-0.25, -0.2) is 4.79 Å². The van der Waals surface area contributed by atoms with Gasteiger partial charge in [-0.3, -0.25) is 4.79 Å². The minimum atomic E-state index is -0.919. The summed E-state index contributed by atoms with van der Waals surface area (Å²) in [6, 6.07) is 6.91. The van der Waals surface area contributed by atoms with Crippen LogP contribution in [0.5, 0.6) is 11.5 Å². The first-order chi connectivity index (χ1) is 11.4. The van der Waals surface area contributed by atoms with E-state index in [1.54, 1.807) is 19.1 Å². The lowest BCUT2D eigenvalue weighted by Gasteiger charge is -2.22. The van der Waals surface area contributed by atoms with Gasteiger partial charge in [0.2, 0.25) is 0 Å². The molecule has 0 radical (unpaired) electrons. The number of ether oxygens (including phenoxy) is 3. The molecule has 0 saturated heterocycles. The zero-order valence-electron chi connectivity index (χ0n) is 13.9. The van der Waals surface area contributed by atoms with E-state index in [4.69, 9.17) is 14.2 Å².